The fourth-order valence-electron chi connectivity index (χ4n) is 2.88. The summed E-state index contributed by atoms with van der Waals surface area (Å²) < 4.78 is 39.4. The first-order chi connectivity index (χ1) is 13.8. The number of azide groups is 2. The van der Waals surface area contributed by atoms with Gasteiger partial charge in [-0.1, -0.05) is 28.4 Å². The number of amides is 1. The minimum Gasteiger partial charge on any atom is -0.354 e. The normalized spacial score (nSPS) is 26.6. The summed E-state index contributed by atoms with van der Waals surface area (Å²) in [5.41, 5.74) is 17.9. The number of hydrogen-bond acceptors (Lipinski definition) is 8. The van der Waals surface area contributed by atoms with E-state index in [0.29, 0.717) is 5.56 Å². The van der Waals surface area contributed by atoms with Crippen molar-refractivity contribution in [2.45, 2.75) is 30.6 Å². The Morgan fingerprint density at radius 2 is 1.97 bits per heavy atom. The van der Waals surface area contributed by atoms with Crippen molar-refractivity contribution in [3.05, 3.63) is 56.8 Å². The molecule has 1 aromatic carbocycles. The first-order valence-corrected chi connectivity index (χ1v) is 10.1. The van der Waals surface area contributed by atoms with Gasteiger partial charge < -0.3 is 14.8 Å². The highest BCUT2D eigenvalue weighted by Crippen LogP contribution is 2.28. The molecule has 5 atom stereocenters. The van der Waals surface area contributed by atoms with Crippen LogP contribution in [0, 0.1) is 0 Å². The molecule has 1 aliphatic rings. The van der Waals surface area contributed by atoms with E-state index in [-0.39, 0.29) is 6.54 Å². The van der Waals surface area contributed by atoms with E-state index in [2.05, 4.69) is 25.4 Å². The summed E-state index contributed by atoms with van der Waals surface area (Å²) >= 11 is 0. The summed E-state index contributed by atoms with van der Waals surface area (Å²) in [4.78, 5) is 17.9. The summed E-state index contributed by atoms with van der Waals surface area (Å²) in [6.45, 7) is -0.312. The molecule has 1 fully saturated rings. The largest absolute Gasteiger partial charge is 0.354 e. The molecule has 0 aliphatic carbocycles. The van der Waals surface area contributed by atoms with Gasteiger partial charge in [-0.2, -0.15) is 8.42 Å². The second-order valence-electron chi connectivity index (χ2n) is 6.02. The summed E-state index contributed by atoms with van der Waals surface area (Å²) in [7, 11) is -2.72. The van der Waals surface area contributed by atoms with Gasteiger partial charge in [-0.3, -0.25) is 8.98 Å². The Balaban J connectivity index is 2.42. The van der Waals surface area contributed by atoms with E-state index in [0.717, 1.165) is 6.26 Å². The third-order valence-corrected chi connectivity index (χ3v) is 4.61. The molecule has 0 spiro atoms. The number of nitrogens with one attached hydrogen (secondary N) is 1. The van der Waals surface area contributed by atoms with Crippen molar-refractivity contribution in [1.82, 2.24) is 5.32 Å². The van der Waals surface area contributed by atoms with Crippen LogP contribution in [0.2, 0.25) is 0 Å². The summed E-state index contributed by atoms with van der Waals surface area (Å²) in [6, 6.07) is 5.87. The van der Waals surface area contributed by atoms with E-state index in [1.165, 1.54) is 7.11 Å². The van der Waals surface area contributed by atoms with E-state index < -0.39 is 46.6 Å². The first-order valence-electron chi connectivity index (χ1n) is 8.28. The number of carbonyl (C=O) groups is 1. The molecule has 1 amide bonds. The van der Waals surface area contributed by atoms with Crippen LogP contribution in [0.15, 0.2) is 40.6 Å². The number of benzene rings is 1. The topological polar surface area (TPSA) is 188 Å². The average molecular weight is 425 g/mol. The summed E-state index contributed by atoms with van der Waals surface area (Å²) in [5, 5.41) is 9.62. The van der Waals surface area contributed by atoms with Crippen LogP contribution in [0.5, 0.6) is 0 Å². The van der Waals surface area contributed by atoms with Crippen molar-refractivity contribution < 1.29 is 26.9 Å². The zero-order valence-electron chi connectivity index (χ0n) is 15.5. The zero-order valence-corrected chi connectivity index (χ0v) is 16.3. The Labute approximate surface area is 166 Å². The molecule has 1 N–H and O–H groups in total. The van der Waals surface area contributed by atoms with Crippen LogP contribution in [-0.4, -0.2) is 64.8 Å². The highest BCUT2D eigenvalue weighted by atomic mass is 32.2. The predicted molar refractivity (Wildman–Crippen MR) is 100 cm³/mol. The number of nitrogens with zero attached hydrogens (tertiary/aromatic N) is 6. The van der Waals surface area contributed by atoms with Gasteiger partial charge in [0.1, 0.15) is 6.10 Å². The predicted octanol–water partition coefficient (Wildman–Crippen LogP) is 1.49. The zero-order chi connectivity index (χ0) is 21.4. The lowest BCUT2D eigenvalue weighted by Gasteiger charge is -2.43. The van der Waals surface area contributed by atoms with Crippen molar-refractivity contribution in [2.75, 3.05) is 19.9 Å². The van der Waals surface area contributed by atoms with E-state index in [4.69, 9.17) is 24.7 Å². The summed E-state index contributed by atoms with van der Waals surface area (Å²) in [6.07, 6.45) is -2.79. The Morgan fingerprint density at radius 1 is 1.28 bits per heavy atom. The maximum Gasteiger partial charge on any atom is 0.264 e. The lowest BCUT2D eigenvalue weighted by Crippen LogP contribution is -2.64. The monoisotopic (exact) mass is 425 g/mol. The average Bonchev–Trinajstić information content (AvgIpc) is 2.69. The van der Waals surface area contributed by atoms with Crippen molar-refractivity contribution >= 4 is 16.0 Å². The van der Waals surface area contributed by atoms with Gasteiger partial charge in [-0.25, -0.2) is 0 Å². The molecular formula is C15H19N7O6S. The molecule has 1 aromatic rings. The molecule has 2 rings (SSSR count). The molecule has 0 radical (unpaired) electrons. The van der Waals surface area contributed by atoms with Crippen LogP contribution < -0.4 is 5.32 Å². The number of carbonyl (C=O) groups excluding carboxylic acids is 1. The Bertz CT molecular complexity index is 914. The van der Waals surface area contributed by atoms with Gasteiger partial charge in [-0.05, 0) is 23.2 Å². The molecule has 156 valence electrons. The number of hydrogen-bond donors (Lipinski definition) is 1. The molecular weight excluding hydrogens is 406 g/mol. The van der Waals surface area contributed by atoms with Crippen molar-refractivity contribution in [1.29, 1.82) is 0 Å². The number of methoxy groups -OCH3 is 1. The third kappa shape index (κ3) is 6.06. The highest BCUT2D eigenvalue weighted by molar-refractivity contribution is 7.86. The third-order valence-electron chi connectivity index (χ3n) is 4.03. The van der Waals surface area contributed by atoms with Crippen LogP contribution >= 0.6 is 0 Å². The van der Waals surface area contributed by atoms with Crippen LogP contribution in [0.3, 0.4) is 0 Å². The van der Waals surface area contributed by atoms with Gasteiger partial charge in [0.25, 0.3) is 16.0 Å². The smallest absolute Gasteiger partial charge is 0.264 e. The molecule has 1 heterocycles. The summed E-state index contributed by atoms with van der Waals surface area (Å²) in [5.74, 6) is -0.522. The van der Waals surface area contributed by atoms with Crippen molar-refractivity contribution in [3.63, 3.8) is 0 Å². The van der Waals surface area contributed by atoms with Gasteiger partial charge in [0, 0.05) is 22.5 Å². The minimum atomic E-state index is -4.01. The Kier molecular flexibility index (Phi) is 7.79. The second-order valence-corrected chi connectivity index (χ2v) is 7.62. The molecule has 0 unspecified atom stereocenters. The van der Waals surface area contributed by atoms with Gasteiger partial charge in [-0.15, -0.1) is 0 Å². The SMILES string of the molecule is CO[C@H]1O[C@@H](CN=[N+]=[N-])[C@H](OS(C)(=O)=O)[C@@H](N=[N+]=[N-])[C@H]1NC(=O)c1ccccc1. The molecule has 14 heteroatoms. The number of rotatable bonds is 8. The number of ether oxygens (including phenoxy) is 2. The maximum absolute atomic E-state index is 12.6. The van der Waals surface area contributed by atoms with Gasteiger partial charge >= 0.3 is 0 Å². The van der Waals surface area contributed by atoms with E-state index in [1.807, 2.05) is 0 Å². The minimum absolute atomic E-state index is 0.312. The second kappa shape index (κ2) is 10.1. The van der Waals surface area contributed by atoms with Gasteiger partial charge in [0.05, 0.1) is 31.0 Å². The van der Waals surface area contributed by atoms with Crippen molar-refractivity contribution in [2.24, 2.45) is 10.2 Å². The molecule has 0 saturated carbocycles. The van der Waals surface area contributed by atoms with E-state index in [1.54, 1.807) is 30.3 Å². The Hall–Kier alpha value is -2.86. The first kappa shape index (κ1) is 22.4. The van der Waals surface area contributed by atoms with Crippen LogP contribution in [0.25, 0.3) is 20.9 Å². The lowest BCUT2D eigenvalue weighted by molar-refractivity contribution is -0.221. The van der Waals surface area contributed by atoms with Gasteiger partial charge in [0.2, 0.25) is 0 Å². The van der Waals surface area contributed by atoms with E-state index >= 15 is 0 Å². The van der Waals surface area contributed by atoms with E-state index in [9.17, 15) is 13.2 Å². The molecule has 1 aliphatic heterocycles. The fraction of sp³-hybridized carbons (Fsp3) is 0.533. The van der Waals surface area contributed by atoms with Crippen LogP contribution in [0.1, 0.15) is 10.4 Å². The Morgan fingerprint density at radius 3 is 2.52 bits per heavy atom. The molecule has 29 heavy (non-hydrogen) atoms. The van der Waals surface area contributed by atoms with Crippen LogP contribution in [0.4, 0.5) is 0 Å². The quantitative estimate of drug-likeness (QED) is 0.284. The molecule has 0 aromatic heterocycles. The van der Waals surface area contributed by atoms with Crippen molar-refractivity contribution in [3.8, 4) is 0 Å². The highest BCUT2D eigenvalue weighted by Gasteiger charge is 2.48. The molecule has 13 nitrogen and oxygen atoms in total. The fourth-order valence-corrected chi connectivity index (χ4v) is 3.52. The van der Waals surface area contributed by atoms with Crippen LogP contribution in [-0.2, 0) is 23.8 Å². The molecule has 1 saturated heterocycles. The molecule has 0 bridgehead atoms. The standard InChI is InChI=1S/C15H19N7O6S/c1-26-15-12(19-14(23)9-6-4-3-5-7-9)11(20-22-17)13(28-29(2,24)25)10(27-15)8-18-21-16/h3-7,10-13,15H,8H2,1-2H3,(H,19,23)/t10-,11-,12+,13-,15-/m0/s1. The lowest BCUT2D eigenvalue weighted by atomic mass is 9.94. The maximum atomic E-state index is 12.6. The van der Waals surface area contributed by atoms with Gasteiger partial charge in [0.15, 0.2) is 6.29 Å².